The van der Waals surface area contributed by atoms with E-state index in [2.05, 4.69) is 143 Å². The highest BCUT2D eigenvalue weighted by molar-refractivity contribution is 6.24. The van der Waals surface area contributed by atoms with Crippen LogP contribution in [0.1, 0.15) is 0 Å². The molecule has 0 aliphatic rings. The zero-order chi connectivity index (χ0) is 33.5. The summed E-state index contributed by atoms with van der Waals surface area (Å²) in [6.07, 6.45) is 0. The Hall–Kier alpha value is -6.98. The number of hydrogen-bond donors (Lipinski definition) is 0. The maximum absolute atomic E-state index is 6.44. The van der Waals surface area contributed by atoms with E-state index in [-0.39, 0.29) is 0 Å². The molecule has 0 amide bonds. The van der Waals surface area contributed by atoms with Gasteiger partial charge in [-0.05, 0) is 42.5 Å². The van der Waals surface area contributed by atoms with Crippen LogP contribution >= 0.6 is 0 Å². The monoisotopic (exact) mass is 652 g/mol. The molecule has 4 heterocycles. The molecule has 0 fully saturated rings. The Morgan fingerprint density at radius 3 is 1.75 bits per heavy atom. The Morgan fingerprint density at radius 2 is 1.00 bits per heavy atom. The SMILES string of the molecule is c1ccc(-c2nc(-c3ccccc3-n3c4ccccc4c4ccc5c6ccccc6n(-c6ccccc6)c5c43)nc3oc4ccccc4c23)cc1. The van der Waals surface area contributed by atoms with Crippen molar-refractivity contribution in [3.8, 4) is 34.0 Å². The van der Waals surface area contributed by atoms with Gasteiger partial charge in [-0.3, -0.25) is 0 Å². The van der Waals surface area contributed by atoms with Crippen molar-refractivity contribution in [3.63, 3.8) is 0 Å². The minimum Gasteiger partial charge on any atom is -0.438 e. The number of rotatable bonds is 4. The summed E-state index contributed by atoms with van der Waals surface area (Å²) in [7, 11) is 0. The van der Waals surface area contributed by atoms with Crippen LogP contribution in [0.5, 0.6) is 0 Å². The van der Waals surface area contributed by atoms with Crippen LogP contribution in [-0.2, 0) is 0 Å². The zero-order valence-electron chi connectivity index (χ0n) is 27.4. The van der Waals surface area contributed by atoms with Crippen molar-refractivity contribution >= 4 is 65.7 Å². The fourth-order valence-electron chi connectivity index (χ4n) is 8.00. The van der Waals surface area contributed by atoms with E-state index in [9.17, 15) is 0 Å². The van der Waals surface area contributed by atoms with Gasteiger partial charge in [0.2, 0.25) is 5.71 Å². The number of nitrogens with zero attached hydrogens (tertiary/aromatic N) is 4. The van der Waals surface area contributed by atoms with E-state index in [0.29, 0.717) is 11.5 Å². The van der Waals surface area contributed by atoms with Gasteiger partial charge in [0.1, 0.15) is 5.58 Å². The lowest BCUT2D eigenvalue weighted by atomic mass is 10.1. The molecule has 0 atom stereocenters. The van der Waals surface area contributed by atoms with E-state index < -0.39 is 0 Å². The minimum atomic E-state index is 0.573. The maximum atomic E-state index is 6.44. The average Bonchev–Trinajstić information content (AvgIpc) is 3.86. The summed E-state index contributed by atoms with van der Waals surface area (Å²) < 4.78 is 11.3. The first-order valence-corrected chi connectivity index (χ1v) is 17.2. The molecule has 0 spiro atoms. The second-order valence-corrected chi connectivity index (χ2v) is 13.0. The number of furan rings is 1. The van der Waals surface area contributed by atoms with Crippen molar-refractivity contribution in [2.75, 3.05) is 0 Å². The maximum Gasteiger partial charge on any atom is 0.231 e. The Morgan fingerprint density at radius 1 is 0.431 bits per heavy atom. The second kappa shape index (κ2) is 10.8. The molecule has 0 aliphatic carbocycles. The van der Waals surface area contributed by atoms with Crippen LogP contribution in [0.4, 0.5) is 0 Å². The summed E-state index contributed by atoms with van der Waals surface area (Å²) in [6, 6.07) is 59.5. The molecule has 4 aromatic heterocycles. The van der Waals surface area contributed by atoms with E-state index in [1.54, 1.807) is 0 Å². The van der Waals surface area contributed by atoms with Gasteiger partial charge in [0.15, 0.2) is 5.82 Å². The summed E-state index contributed by atoms with van der Waals surface area (Å²) in [6.45, 7) is 0. The molecular weight excluding hydrogens is 625 g/mol. The highest BCUT2D eigenvalue weighted by Gasteiger charge is 2.24. The Labute approximate surface area is 292 Å². The molecule has 11 aromatic rings. The van der Waals surface area contributed by atoms with E-state index >= 15 is 0 Å². The number of fused-ring (bicyclic) bond motifs is 10. The molecule has 0 N–H and O–H groups in total. The summed E-state index contributed by atoms with van der Waals surface area (Å²) in [5.41, 5.74) is 10.8. The Balaban J connectivity index is 1.28. The van der Waals surface area contributed by atoms with Crippen molar-refractivity contribution < 1.29 is 4.42 Å². The molecule has 51 heavy (non-hydrogen) atoms. The van der Waals surface area contributed by atoms with E-state index in [1.807, 2.05) is 36.4 Å². The highest BCUT2D eigenvalue weighted by atomic mass is 16.3. The van der Waals surface area contributed by atoms with Crippen molar-refractivity contribution in [1.29, 1.82) is 0 Å². The molecule has 0 aliphatic heterocycles. The quantitative estimate of drug-likeness (QED) is 0.190. The molecule has 7 aromatic carbocycles. The van der Waals surface area contributed by atoms with Crippen LogP contribution in [0, 0.1) is 0 Å². The first-order valence-electron chi connectivity index (χ1n) is 17.2. The molecule has 0 saturated heterocycles. The fraction of sp³-hybridized carbons (Fsp3) is 0. The normalized spacial score (nSPS) is 11.9. The van der Waals surface area contributed by atoms with Gasteiger partial charge in [-0.25, -0.2) is 4.98 Å². The summed E-state index contributed by atoms with van der Waals surface area (Å²) >= 11 is 0. The van der Waals surface area contributed by atoms with Gasteiger partial charge in [0, 0.05) is 43.7 Å². The minimum absolute atomic E-state index is 0.573. The topological polar surface area (TPSA) is 48.8 Å². The third-order valence-electron chi connectivity index (χ3n) is 10.2. The molecule has 5 heteroatoms. The molecule has 11 rings (SSSR count). The fourth-order valence-corrected chi connectivity index (χ4v) is 8.00. The summed E-state index contributed by atoms with van der Waals surface area (Å²) in [4.78, 5) is 10.5. The van der Waals surface area contributed by atoms with E-state index in [0.717, 1.165) is 61.1 Å². The predicted molar refractivity (Wildman–Crippen MR) is 209 cm³/mol. The predicted octanol–water partition coefficient (Wildman–Crippen LogP) is 11.9. The van der Waals surface area contributed by atoms with Crippen molar-refractivity contribution in [1.82, 2.24) is 19.1 Å². The Bertz CT molecular complexity index is 3130. The van der Waals surface area contributed by atoms with Crippen molar-refractivity contribution in [2.45, 2.75) is 0 Å². The third-order valence-corrected chi connectivity index (χ3v) is 10.2. The first-order chi connectivity index (χ1) is 25.3. The van der Waals surface area contributed by atoms with Gasteiger partial charge in [-0.1, -0.05) is 127 Å². The van der Waals surface area contributed by atoms with Crippen LogP contribution in [0.25, 0.3) is 99.7 Å². The highest BCUT2D eigenvalue weighted by Crippen LogP contribution is 2.43. The van der Waals surface area contributed by atoms with Gasteiger partial charge in [0.05, 0.1) is 38.8 Å². The van der Waals surface area contributed by atoms with Gasteiger partial charge < -0.3 is 13.6 Å². The lowest BCUT2D eigenvalue weighted by Gasteiger charge is -2.15. The zero-order valence-corrected chi connectivity index (χ0v) is 27.4. The van der Waals surface area contributed by atoms with E-state index in [1.165, 1.54) is 27.1 Å². The molecular formula is C46H28N4O. The van der Waals surface area contributed by atoms with Gasteiger partial charge >= 0.3 is 0 Å². The smallest absolute Gasteiger partial charge is 0.231 e. The van der Waals surface area contributed by atoms with Crippen LogP contribution in [0.2, 0.25) is 0 Å². The summed E-state index contributed by atoms with van der Waals surface area (Å²) in [5.74, 6) is 0.609. The second-order valence-electron chi connectivity index (χ2n) is 13.0. The molecule has 0 saturated carbocycles. The Kier molecular flexibility index (Phi) is 5.89. The largest absolute Gasteiger partial charge is 0.438 e. The number of aromatic nitrogens is 4. The van der Waals surface area contributed by atoms with Crippen molar-refractivity contribution in [2.24, 2.45) is 0 Å². The summed E-state index contributed by atoms with van der Waals surface area (Å²) in [5, 5.41) is 6.72. The molecule has 0 unspecified atom stereocenters. The van der Waals surface area contributed by atoms with Gasteiger partial charge in [-0.15, -0.1) is 0 Å². The molecule has 0 bridgehead atoms. The van der Waals surface area contributed by atoms with Crippen LogP contribution in [-0.4, -0.2) is 19.1 Å². The van der Waals surface area contributed by atoms with Gasteiger partial charge in [-0.2, -0.15) is 4.98 Å². The van der Waals surface area contributed by atoms with Crippen LogP contribution in [0.3, 0.4) is 0 Å². The molecule has 5 nitrogen and oxygen atoms in total. The van der Waals surface area contributed by atoms with E-state index in [4.69, 9.17) is 14.4 Å². The van der Waals surface area contributed by atoms with Gasteiger partial charge in [0.25, 0.3) is 0 Å². The van der Waals surface area contributed by atoms with Crippen LogP contribution in [0.15, 0.2) is 174 Å². The number of benzene rings is 7. The molecule has 238 valence electrons. The lowest BCUT2D eigenvalue weighted by molar-refractivity contribution is 0.653. The van der Waals surface area contributed by atoms with Crippen LogP contribution < -0.4 is 0 Å². The first kappa shape index (κ1) is 27.9. The standard InChI is InChI=1S/C46H28N4O/c1-3-15-29(16-4-1)42-41-36-22-10-14-26-40(36)51-46(41)48-45(47-42)35-21-9-13-25-39(35)50-38-24-12-8-20-32(38)34-28-27-33-31-19-7-11-23-37(31)49(43(33)44(34)50)30-17-5-2-6-18-30/h1-28H. The molecule has 0 radical (unpaired) electrons. The number of hydrogen-bond acceptors (Lipinski definition) is 3. The van der Waals surface area contributed by atoms with Crippen molar-refractivity contribution in [3.05, 3.63) is 170 Å². The average molecular weight is 653 g/mol. The number of para-hydroxylation sites is 5. The third kappa shape index (κ3) is 4.03. The lowest BCUT2D eigenvalue weighted by Crippen LogP contribution is -2.02.